The monoisotopic (exact) mass is 200 g/mol. The maximum atomic E-state index is 11.3. The number of ether oxygens (including phenoxy) is 2. The Morgan fingerprint density at radius 2 is 2.07 bits per heavy atom. The van der Waals surface area contributed by atoms with E-state index >= 15 is 0 Å². The first-order chi connectivity index (χ1) is 6.60. The largest absolute Gasteiger partial charge is 0.469 e. The van der Waals surface area contributed by atoms with E-state index in [-0.39, 0.29) is 12.8 Å². The second-order valence-corrected chi connectivity index (χ2v) is 3.15. The van der Waals surface area contributed by atoms with Gasteiger partial charge in [-0.15, -0.1) is 0 Å². The molecule has 2 unspecified atom stereocenters. The van der Waals surface area contributed by atoms with Crippen LogP contribution in [0, 0.1) is 5.92 Å². The minimum atomic E-state index is -0.667. The minimum Gasteiger partial charge on any atom is -0.469 e. The molecule has 0 aliphatic heterocycles. The van der Waals surface area contributed by atoms with Crippen molar-refractivity contribution >= 4 is 17.5 Å². The number of carbonyl (C=O) groups excluding carboxylic acids is 3. The molecule has 2 atom stereocenters. The summed E-state index contributed by atoms with van der Waals surface area (Å²) in [6, 6.07) is 0. The number of rotatable bonds is 3. The van der Waals surface area contributed by atoms with Crippen LogP contribution in [-0.2, 0) is 23.9 Å². The van der Waals surface area contributed by atoms with Crippen LogP contribution in [0.1, 0.15) is 12.8 Å². The summed E-state index contributed by atoms with van der Waals surface area (Å²) in [6.45, 7) is 0. The average Bonchev–Trinajstić information content (AvgIpc) is 2.45. The zero-order chi connectivity index (χ0) is 10.7. The standard InChI is InChI=1S/C9H12O5/c1-13-7-4-6(10)9(12)5(7)3-8(11)14-2/h5,7H,3-4H2,1-2H3. The van der Waals surface area contributed by atoms with E-state index in [0.717, 1.165) is 0 Å². The Morgan fingerprint density at radius 1 is 1.43 bits per heavy atom. The number of esters is 1. The van der Waals surface area contributed by atoms with Crippen LogP contribution in [0.5, 0.6) is 0 Å². The predicted molar refractivity (Wildman–Crippen MR) is 45.6 cm³/mol. The van der Waals surface area contributed by atoms with Gasteiger partial charge >= 0.3 is 5.97 Å². The number of hydrogen-bond donors (Lipinski definition) is 0. The van der Waals surface area contributed by atoms with Crippen LogP contribution in [0.2, 0.25) is 0 Å². The van der Waals surface area contributed by atoms with Crippen molar-refractivity contribution in [2.24, 2.45) is 5.92 Å². The van der Waals surface area contributed by atoms with Gasteiger partial charge in [-0.2, -0.15) is 0 Å². The summed E-state index contributed by atoms with van der Waals surface area (Å²) < 4.78 is 9.39. The highest BCUT2D eigenvalue weighted by Gasteiger charge is 2.42. The third-order valence-electron chi connectivity index (χ3n) is 2.36. The van der Waals surface area contributed by atoms with Crippen LogP contribution in [-0.4, -0.2) is 37.9 Å². The Balaban J connectivity index is 2.69. The summed E-state index contributed by atoms with van der Waals surface area (Å²) in [7, 11) is 2.66. The number of hydrogen-bond acceptors (Lipinski definition) is 5. The van der Waals surface area contributed by atoms with Crippen LogP contribution in [0.25, 0.3) is 0 Å². The first kappa shape index (κ1) is 10.8. The number of Topliss-reactive ketones (excluding diaryl/α,β-unsaturated/α-hetero) is 2. The lowest BCUT2D eigenvalue weighted by molar-refractivity contribution is -0.145. The van der Waals surface area contributed by atoms with Gasteiger partial charge in [-0.3, -0.25) is 14.4 Å². The van der Waals surface area contributed by atoms with E-state index in [1.54, 1.807) is 0 Å². The topological polar surface area (TPSA) is 69.7 Å². The predicted octanol–water partition coefficient (Wildman–Crippen LogP) is -0.277. The van der Waals surface area contributed by atoms with Crippen molar-refractivity contribution in [2.75, 3.05) is 14.2 Å². The molecule has 0 saturated heterocycles. The molecule has 14 heavy (non-hydrogen) atoms. The van der Waals surface area contributed by atoms with E-state index in [0.29, 0.717) is 0 Å². The smallest absolute Gasteiger partial charge is 0.306 e. The fourth-order valence-electron chi connectivity index (χ4n) is 1.54. The van der Waals surface area contributed by atoms with Gasteiger partial charge in [-0.05, 0) is 0 Å². The molecule has 0 heterocycles. The van der Waals surface area contributed by atoms with E-state index in [2.05, 4.69) is 4.74 Å². The first-order valence-electron chi connectivity index (χ1n) is 4.26. The zero-order valence-corrected chi connectivity index (χ0v) is 8.11. The van der Waals surface area contributed by atoms with Gasteiger partial charge < -0.3 is 9.47 Å². The maximum Gasteiger partial charge on any atom is 0.306 e. The van der Waals surface area contributed by atoms with Crippen molar-refractivity contribution in [1.29, 1.82) is 0 Å². The van der Waals surface area contributed by atoms with Gasteiger partial charge in [0.25, 0.3) is 0 Å². The quantitative estimate of drug-likeness (QED) is 0.463. The third-order valence-corrected chi connectivity index (χ3v) is 2.36. The first-order valence-corrected chi connectivity index (χ1v) is 4.26. The number of ketones is 2. The Labute approximate surface area is 81.4 Å². The summed E-state index contributed by atoms with van der Waals surface area (Å²) >= 11 is 0. The van der Waals surface area contributed by atoms with Gasteiger partial charge in [0.2, 0.25) is 11.6 Å². The van der Waals surface area contributed by atoms with Gasteiger partial charge in [0.1, 0.15) is 0 Å². The summed E-state index contributed by atoms with van der Waals surface area (Å²) in [5, 5.41) is 0. The fourth-order valence-corrected chi connectivity index (χ4v) is 1.54. The SMILES string of the molecule is COC(=O)CC1C(=O)C(=O)CC1OC. The molecule has 1 aliphatic rings. The normalized spacial score (nSPS) is 26.7. The van der Waals surface area contributed by atoms with Crippen LogP contribution < -0.4 is 0 Å². The lowest BCUT2D eigenvalue weighted by atomic mass is 10.0. The highest BCUT2D eigenvalue weighted by atomic mass is 16.5. The summed E-state index contributed by atoms with van der Waals surface area (Å²) in [6.07, 6.45) is -0.495. The molecule has 0 radical (unpaired) electrons. The molecule has 5 heteroatoms. The van der Waals surface area contributed by atoms with Crippen LogP contribution >= 0.6 is 0 Å². The molecular weight excluding hydrogens is 188 g/mol. The van der Waals surface area contributed by atoms with Crippen LogP contribution in [0.4, 0.5) is 0 Å². The van der Waals surface area contributed by atoms with Crippen molar-refractivity contribution in [1.82, 2.24) is 0 Å². The van der Waals surface area contributed by atoms with Crippen molar-refractivity contribution in [3.05, 3.63) is 0 Å². The van der Waals surface area contributed by atoms with Crippen molar-refractivity contribution in [3.8, 4) is 0 Å². The Hall–Kier alpha value is -1.23. The highest BCUT2D eigenvalue weighted by Crippen LogP contribution is 2.25. The van der Waals surface area contributed by atoms with Crippen molar-refractivity contribution < 1.29 is 23.9 Å². The molecule has 0 N–H and O–H groups in total. The second-order valence-electron chi connectivity index (χ2n) is 3.15. The highest BCUT2D eigenvalue weighted by molar-refractivity contribution is 6.40. The van der Waals surface area contributed by atoms with Gasteiger partial charge in [0.05, 0.1) is 25.6 Å². The molecule has 0 aromatic carbocycles. The molecule has 0 aromatic rings. The summed E-state index contributed by atoms with van der Waals surface area (Å²) in [5.74, 6) is -2.16. The lowest BCUT2D eigenvalue weighted by Gasteiger charge is -2.13. The van der Waals surface area contributed by atoms with E-state index in [4.69, 9.17) is 4.74 Å². The average molecular weight is 200 g/mol. The zero-order valence-electron chi connectivity index (χ0n) is 8.11. The van der Waals surface area contributed by atoms with Gasteiger partial charge in [0, 0.05) is 13.5 Å². The van der Waals surface area contributed by atoms with Crippen LogP contribution in [0.15, 0.2) is 0 Å². The van der Waals surface area contributed by atoms with E-state index < -0.39 is 29.6 Å². The fraction of sp³-hybridized carbons (Fsp3) is 0.667. The van der Waals surface area contributed by atoms with Gasteiger partial charge in [-0.1, -0.05) is 0 Å². The van der Waals surface area contributed by atoms with E-state index in [9.17, 15) is 14.4 Å². The van der Waals surface area contributed by atoms with E-state index in [1.807, 2.05) is 0 Å². The van der Waals surface area contributed by atoms with Gasteiger partial charge in [0.15, 0.2) is 0 Å². The molecule has 78 valence electrons. The summed E-state index contributed by atoms with van der Waals surface area (Å²) in [4.78, 5) is 33.3. The number of methoxy groups -OCH3 is 2. The minimum absolute atomic E-state index is 0.0665. The van der Waals surface area contributed by atoms with Crippen LogP contribution in [0.3, 0.4) is 0 Å². The second kappa shape index (κ2) is 4.32. The molecule has 0 amide bonds. The molecule has 1 aliphatic carbocycles. The molecule has 1 saturated carbocycles. The maximum absolute atomic E-state index is 11.3. The Kier molecular flexibility index (Phi) is 3.35. The molecule has 5 nitrogen and oxygen atoms in total. The Morgan fingerprint density at radius 3 is 2.57 bits per heavy atom. The molecule has 1 fully saturated rings. The van der Waals surface area contributed by atoms with Gasteiger partial charge in [-0.25, -0.2) is 0 Å². The van der Waals surface area contributed by atoms with E-state index in [1.165, 1.54) is 14.2 Å². The molecule has 0 spiro atoms. The molecule has 1 rings (SSSR count). The third kappa shape index (κ3) is 1.98. The molecular formula is C9H12O5. The number of carbonyl (C=O) groups is 3. The lowest BCUT2D eigenvalue weighted by Crippen LogP contribution is -2.25. The molecule has 0 aromatic heterocycles. The van der Waals surface area contributed by atoms with Crippen molar-refractivity contribution in [2.45, 2.75) is 18.9 Å². The summed E-state index contributed by atoms with van der Waals surface area (Å²) in [5.41, 5.74) is 0. The molecule has 0 bridgehead atoms. The Bertz CT molecular complexity index is 270. The van der Waals surface area contributed by atoms with Crippen molar-refractivity contribution in [3.63, 3.8) is 0 Å².